The van der Waals surface area contributed by atoms with Crippen LogP contribution in [0.3, 0.4) is 0 Å². The lowest BCUT2D eigenvalue weighted by atomic mass is 10.1. The van der Waals surface area contributed by atoms with E-state index in [4.69, 9.17) is 5.11 Å². The second-order valence-corrected chi connectivity index (χ2v) is 7.72. The second kappa shape index (κ2) is 6.60. The van der Waals surface area contributed by atoms with Crippen molar-refractivity contribution >= 4 is 27.8 Å². The number of nitrogens with zero attached hydrogens (tertiary/aromatic N) is 1. The summed E-state index contributed by atoms with van der Waals surface area (Å²) < 4.78 is 26.3. The predicted molar refractivity (Wildman–Crippen MR) is 78.5 cm³/mol. The third-order valence-electron chi connectivity index (χ3n) is 3.16. The maximum Gasteiger partial charge on any atom is 0.303 e. The maximum atomic E-state index is 12.4. The molecule has 0 amide bonds. The highest BCUT2D eigenvalue weighted by atomic mass is 32.2. The van der Waals surface area contributed by atoms with Crippen molar-refractivity contribution in [2.24, 2.45) is 0 Å². The Labute approximate surface area is 123 Å². The van der Waals surface area contributed by atoms with Gasteiger partial charge in [0.25, 0.3) is 0 Å². The van der Waals surface area contributed by atoms with Crippen LogP contribution >= 0.6 is 11.8 Å². The van der Waals surface area contributed by atoms with E-state index >= 15 is 0 Å². The van der Waals surface area contributed by atoms with Gasteiger partial charge < -0.3 is 5.11 Å². The largest absolute Gasteiger partial charge is 0.481 e. The number of carboxylic acids is 1. The number of hydrogen-bond acceptors (Lipinski definition) is 4. The van der Waals surface area contributed by atoms with E-state index in [1.54, 1.807) is 36.0 Å². The molecule has 0 unspecified atom stereocenters. The number of thioether (sulfide) groups is 1. The molecule has 0 aliphatic carbocycles. The normalized spacial score (nSPS) is 17.0. The van der Waals surface area contributed by atoms with Crippen LogP contribution in [-0.2, 0) is 21.2 Å². The topological polar surface area (TPSA) is 74.7 Å². The summed E-state index contributed by atoms with van der Waals surface area (Å²) in [5, 5.41) is 8.62. The molecule has 1 aromatic rings. The van der Waals surface area contributed by atoms with Crippen LogP contribution < -0.4 is 0 Å². The van der Waals surface area contributed by atoms with E-state index in [0.29, 0.717) is 19.5 Å². The van der Waals surface area contributed by atoms with E-state index in [0.717, 1.165) is 17.1 Å². The average Bonchev–Trinajstić information content (AvgIpc) is 2.46. The monoisotopic (exact) mass is 315 g/mol. The third kappa shape index (κ3) is 3.74. The van der Waals surface area contributed by atoms with E-state index in [9.17, 15) is 13.2 Å². The molecule has 0 atom stereocenters. The van der Waals surface area contributed by atoms with Crippen molar-refractivity contribution in [3.63, 3.8) is 0 Å². The zero-order chi connectivity index (χ0) is 14.6. The minimum atomic E-state index is -3.41. The Kier molecular flexibility index (Phi) is 5.06. The first-order valence-electron chi connectivity index (χ1n) is 6.39. The van der Waals surface area contributed by atoms with E-state index in [-0.39, 0.29) is 11.3 Å². The molecule has 5 nitrogen and oxygen atoms in total. The fraction of sp³-hybridized carbons (Fsp3) is 0.462. The second-order valence-electron chi connectivity index (χ2n) is 4.55. The lowest BCUT2D eigenvalue weighted by molar-refractivity contribution is -0.136. The highest BCUT2D eigenvalue weighted by Gasteiger charge is 2.25. The fourth-order valence-corrected chi connectivity index (χ4v) is 4.59. The highest BCUT2D eigenvalue weighted by Crippen LogP contribution is 2.20. The van der Waals surface area contributed by atoms with Crippen LogP contribution in [0.5, 0.6) is 0 Å². The highest BCUT2D eigenvalue weighted by molar-refractivity contribution is 7.99. The van der Waals surface area contributed by atoms with E-state index in [1.165, 1.54) is 4.31 Å². The molecule has 1 heterocycles. The van der Waals surface area contributed by atoms with E-state index < -0.39 is 16.0 Å². The molecule has 0 aromatic heterocycles. The van der Waals surface area contributed by atoms with Crippen LogP contribution in [-0.4, -0.2) is 48.4 Å². The van der Waals surface area contributed by atoms with Crippen LogP contribution in [0.15, 0.2) is 29.2 Å². The van der Waals surface area contributed by atoms with Gasteiger partial charge in [0, 0.05) is 31.0 Å². The summed E-state index contributed by atoms with van der Waals surface area (Å²) >= 11 is 1.76. The molecule has 20 heavy (non-hydrogen) atoms. The average molecular weight is 315 g/mol. The van der Waals surface area contributed by atoms with Crippen LogP contribution in [0.1, 0.15) is 12.0 Å². The van der Waals surface area contributed by atoms with Gasteiger partial charge in [-0.1, -0.05) is 12.1 Å². The molecular weight excluding hydrogens is 298 g/mol. The number of carboxylic acid groups (broad SMARTS) is 1. The first kappa shape index (κ1) is 15.3. The zero-order valence-electron chi connectivity index (χ0n) is 11.0. The van der Waals surface area contributed by atoms with Crippen LogP contribution in [0, 0.1) is 0 Å². The van der Waals surface area contributed by atoms with E-state index in [1.807, 2.05) is 0 Å². The fourth-order valence-electron chi connectivity index (χ4n) is 2.02. The number of benzene rings is 1. The van der Waals surface area contributed by atoms with Crippen molar-refractivity contribution in [2.75, 3.05) is 24.6 Å². The smallest absolute Gasteiger partial charge is 0.303 e. The Morgan fingerprint density at radius 2 is 1.80 bits per heavy atom. The minimum Gasteiger partial charge on any atom is -0.481 e. The lowest BCUT2D eigenvalue weighted by Crippen LogP contribution is -2.37. The molecule has 7 heteroatoms. The zero-order valence-corrected chi connectivity index (χ0v) is 12.6. The molecular formula is C13H17NO4S2. The third-order valence-corrected chi connectivity index (χ3v) is 6.01. The number of aliphatic carboxylic acids is 1. The predicted octanol–water partition coefficient (Wildman–Crippen LogP) is 1.44. The molecule has 1 aliphatic heterocycles. The Bertz CT molecular complexity index is 563. The molecule has 110 valence electrons. The molecule has 1 saturated heterocycles. The maximum absolute atomic E-state index is 12.4. The molecule has 1 aromatic carbocycles. The molecule has 0 radical (unpaired) electrons. The molecule has 0 bridgehead atoms. The van der Waals surface area contributed by atoms with Gasteiger partial charge in [0.2, 0.25) is 10.0 Å². The summed E-state index contributed by atoms with van der Waals surface area (Å²) in [7, 11) is -3.41. The molecule has 2 rings (SSSR count). The quantitative estimate of drug-likeness (QED) is 0.890. The Hall–Kier alpha value is -1.05. The standard InChI is InChI=1S/C13H17NO4S2/c15-13(16)6-3-11-1-4-12(5-2-11)20(17,18)14-7-9-19-10-8-14/h1-2,4-5H,3,6-10H2,(H,15,16). The number of sulfonamides is 1. The van der Waals surface area contributed by atoms with Crippen LogP contribution in [0.2, 0.25) is 0 Å². The first-order chi connectivity index (χ1) is 9.50. The molecule has 1 N–H and O–H groups in total. The molecule has 1 fully saturated rings. The summed E-state index contributed by atoms with van der Waals surface area (Å²) in [5.74, 6) is 0.804. The van der Waals surface area contributed by atoms with Crippen LogP contribution in [0.4, 0.5) is 0 Å². The lowest BCUT2D eigenvalue weighted by Gasteiger charge is -2.25. The van der Waals surface area contributed by atoms with Crippen molar-refractivity contribution in [2.45, 2.75) is 17.7 Å². The molecule has 0 spiro atoms. The van der Waals surface area contributed by atoms with Gasteiger partial charge in [-0.2, -0.15) is 16.1 Å². The van der Waals surface area contributed by atoms with Gasteiger partial charge in [0.1, 0.15) is 0 Å². The van der Waals surface area contributed by atoms with Gasteiger partial charge in [-0.05, 0) is 24.1 Å². The number of carbonyl (C=O) groups is 1. The summed E-state index contributed by atoms with van der Waals surface area (Å²) in [5.41, 5.74) is 0.834. The van der Waals surface area contributed by atoms with Crippen molar-refractivity contribution in [3.8, 4) is 0 Å². The molecule has 0 saturated carbocycles. The number of hydrogen-bond donors (Lipinski definition) is 1. The summed E-state index contributed by atoms with van der Waals surface area (Å²) in [6.45, 7) is 1.10. The minimum absolute atomic E-state index is 0.0510. The van der Waals surface area contributed by atoms with Gasteiger partial charge in [-0.15, -0.1) is 0 Å². The van der Waals surface area contributed by atoms with Crippen molar-refractivity contribution in [3.05, 3.63) is 29.8 Å². The van der Waals surface area contributed by atoms with Gasteiger partial charge >= 0.3 is 5.97 Å². The SMILES string of the molecule is O=C(O)CCc1ccc(S(=O)(=O)N2CCSCC2)cc1. The van der Waals surface area contributed by atoms with Crippen molar-refractivity contribution in [1.82, 2.24) is 4.31 Å². The summed E-state index contributed by atoms with van der Waals surface area (Å²) in [6.07, 6.45) is 0.464. The number of rotatable bonds is 5. The van der Waals surface area contributed by atoms with Gasteiger partial charge in [0.15, 0.2) is 0 Å². The van der Waals surface area contributed by atoms with Gasteiger partial charge in [0.05, 0.1) is 4.90 Å². The molecule has 1 aliphatic rings. The summed E-state index contributed by atoms with van der Waals surface area (Å²) in [6, 6.07) is 6.51. The number of aryl methyl sites for hydroxylation is 1. The Balaban J connectivity index is 2.10. The van der Waals surface area contributed by atoms with Crippen LogP contribution in [0.25, 0.3) is 0 Å². The van der Waals surface area contributed by atoms with E-state index in [2.05, 4.69) is 0 Å². The van der Waals surface area contributed by atoms with Gasteiger partial charge in [-0.3, -0.25) is 4.79 Å². The first-order valence-corrected chi connectivity index (χ1v) is 8.98. The van der Waals surface area contributed by atoms with Crippen molar-refractivity contribution in [1.29, 1.82) is 0 Å². The Morgan fingerprint density at radius 3 is 2.35 bits per heavy atom. The van der Waals surface area contributed by atoms with Crippen molar-refractivity contribution < 1.29 is 18.3 Å². The summed E-state index contributed by atoms with van der Waals surface area (Å²) in [4.78, 5) is 10.8. The Morgan fingerprint density at radius 1 is 1.20 bits per heavy atom. The van der Waals surface area contributed by atoms with Gasteiger partial charge in [-0.25, -0.2) is 8.42 Å².